The van der Waals surface area contributed by atoms with Crippen LogP contribution in [-0.2, 0) is 4.74 Å². The van der Waals surface area contributed by atoms with Crippen molar-refractivity contribution in [1.29, 1.82) is 0 Å². The predicted molar refractivity (Wildman–Crippen MR) is 105 cm³/mol. The van der Waals surface area contributed by atoms with Crippen molar-refractivity contribution >= 4 is 11.9 Å². The number of allylic oxidation sites excluding steroid dienone is 1. The number of benzene rings is 2. The van der Waals surface area contributed by atoms with Gasteiger partial charge < -0.3 is 50.0 Å². The van der Waals surface area contributed by atoms with Gasteiger partial charge in [-0.1, -0.05) is 6.07 Å². The van der Waals surface area contributed by atoms with E-state index in [2.05, 4.69) is 0 Å². The van der Waals surface area contributed by atoms with E-state index in [1.807, 2.05) is 0 Å². The van der Waals surface area contributed by atoms with Gasteiger partial charge in [0.2, 0.25) is 17.8 Å². The Morgan fingerprint density at radius 1 is 0.938 bits per heavy atom. The zero-order chi connectivity index (χ0) is 23.2. The van der Waals surface area contributed by atoms with Crippen molar-refractivity contribution in [3.05, 3.63) is 47.2 Å². The molecule has 2 aliphatic rings. The third-order valence-electron chi connectivity index (χ3n) is 5.15. The molecule has 2 unspecified atom stereocenters. The van der Waals surface area contributed by atoms with Crippen molar-refractivity contribution in [3.63, 3.8) is 0 Å². The molecular weight excluding hydrogens is 428 g/mol. The molecule has 0 spiro atoms. The molecule has 11 heteroatoms. The standard InChI is InChI=1S/C21H20O11/c22-7-14-16(27)17(28)18(29)21(31-14)32-20-11(24)4-2-9-15(26)13(30-19(9)20)6-8-1-3-10(23)12(25)5-8/h1-6,14,16-18,21-25,27-29H,7H2/t14?,16-,17+,18?,21+/m1/s1. The van der Waals surface area contributed by atoms with E-state index in [1.165, 1.54) is 30.3 Å². The molecule has 2 aromatic carbocycles. The fourth-order valence-corrected chi connectivity index (χ4v) is 3.39. The normalized spacial score (nSPS) is 28.4. The highest BCUT2D eigenvalue weighted by Gasteiger charge is 2.45. The highest BCUT2D eigenvalue weighted by molar-refractivity contribution is 6.15. The average molecular weight is 448 g/mol. The number of Topliss-reactive ketones (excluding diaryl/α,β-unsaturated/α-hetero) is 1. The van der Waals surface area contributed by atoms with Crippen LogP contribution in [0.2, 0.25) is 0 Å². The zero-order valence-corrected chi connectivity index (χ0v) is 16.3. The summed E-state index contributed by atoms with van der Waals surface area (Å²) in [7, 11) is 0. The first-order valence-corrected chi connectivity index (χ1v) is 9.50. The van der Waals surface area contributed by atoms with Gasteiger partial charge in [0.1, 0.15) is 24.4 Å². The summed E-state index contributed by atoms with van der Waals surface area (Å²) in [4.78, 5) is 12.7. The van der Waals surface area contributed by atoms with Gasteiger partial charge in [-0.3, -0.25) is 4.79 Å². The lowest BCUT2D eigenvalue weighted by Crippen LogP contribution is -2.60. The van der Waals surface area contributed by atoms with Crippen LogP contribution in [0.4, 0.5) is 0 Å². The van der Waals surface area contributed by atoms with Crippen molar-refractivity contribution in [2.45, 2.75) is 30.7 Å². The summed E-state index contributed by atoms with van der Waals surface area (Å²) in [5.74, 6) is -2.48. The van der Waals surface area contributed by atoms with Crippen molar-refractivity contribution < 1.29 is 54.8 Å². The SMILES string of the molecule is O=C1C(=Cc2ccc(O)c(O)c2)Oc2c1ccc(O)c2O[C@@H]1OC(CO)[C@@H](O)[C@H](O)C1O. The predicted octanol–water partition coefficient (Wildman–Crippen LogP) is -0.402. The number of ketones is 1. The highest BCUT2D eigenvalue weighted by Crippen LogP contribution is 2.46. The Labute approximate surface area is 180 Å². The fraction of sp³-hybridized carbons (Fsp3) is 0.286. The topological polar surface area (TPSA) is 186 Å². The highest BCUT2D eigenvalue weighted by atomic mass is 16.7. The second-order valence-electron chi connectivity index (χ2n) is 7.29. The molecule has 2 heterocycles. The first-order chi connectivity index (χ1) is 15.2. The second kappa shape index (κ2) is 8.30. The lowest BCUT2D eigenvalue weighted by Gasteiger charge is -2.39. The van der Waals surface area contributed by atoms with Gasteiger partial charge in [-0.05, 0) is 35.9 Å². The van der Waals surface area contributed by atoms with Gasteiger partial charge in [0.25, 0.3) is 0 Å². The number of rotatable bonds is 4. The van der Waals surface area contributed by atoms with E-state index in [9.17, 15) is 40.5 Å². The fourth-order valence-electron chi connectivity index (χ4n) is 3.39. The molecule has 170 valence electrons. The van der Waals surface area contributed by atoms with E-state index in [4.69, 9.17) is 14.2 Å². The van der Waals surface area contributed by atoms with Crippen LogP contribution < -0.4 is 9.47 Å². The number of carbonyl (C=O) groups is 1. The second-order valence-corrected chi connectivity index (χ2v) is 7.29. The minimum atomic E-state index is -1.74. The van der Waals surface area contributed by atoms with E-state index >= 15 is 0 Å². The number of phenolic OH excluding ortho intramolecular Hbond substituents is 3. The van der Waals surface area contributed by atoms with Gasteiger partial charge in [-0.2, -0.15) is 0 Å². The van der Waals surface area contributed by atoms with Gasteiger partial charge in [0, 0.05) is 0 Å². The summed E-state index contributed by atoms with van der Waals surface area (Å²) in [5, 5.41) is 68.6. The quantitative estimate of drug-likeness (QED) is 0.238. The number of hydrogen-bond acceptors (Lipinski definition) is 11. The van der Waals surface area contributed by atoms with Gasteiger partial charge in [-0.25, -0.2) is 0 Å². The average Bonchev–Trinajstić information content (AvgIpc) is 3.08. The van der Waals surface area contributed by atoms with Crippen LogP contribution in [-0.4, -0.2) is 78.8 Å². The molecule has 0 bridgehead atoms. The molecule has 1 saturated heterocycles. The number of aromatic hydroxyl groups is 3. The maximum absolute atomic E-state index is 12.7. The molecule has 0 aliphatic carbocycles. The Morgan fingerprint density at radius 2 is 1.66 bits per heavy atom. The van der Waals surface area contributed by atoms with E-state index in [0.29, 0.717) is 5.56 Å². The summed E-state index contributed by atoms with van der Waals surface area (Å²) in [6.45, 7) is -0.676. The lowest BCUT2D eigenvalue weighted by atomic mass is 9.99. The van der Waals surface area contributed by atoms with Crippen LogP contribution in [0.5, 0.6) is 28.7 Å². The van der Waals surface area contributed by atoms with Crippen molar-refractivity contribution in [1.82, 2.24) is 0 Å². The molecule has 7 N–H and O–H groups in total. The number of aliphatic hydroxyl groups excluding tert-OH is 4. The number of phenols is 3. The zero-order valence-electron chi connectivity index (χ0n) is 16.3. The van der Waals surface area contributed by atoms with Gasteiger partial charge >= 0.3 is 0 Å². The monoisotopic (exact) mass is 448 g/mol. The summed E-state index contributed by atoms with van der Waals surface area (Å²) < 4.78 is 16.3. The Balaban J connectivity index is 1.65. The molecular formula is C21H20O11. The van der Waals surface area contributed by atoms with Gasteiger partial charge in [0.15, 0.2) is 28.8 Å². The molecule has 11 nitrogen and oxygen atoms in total. The van der Waals surface area contributed by atoms with Crippen molar-refractivity contribution in [2.75, 3.05) is 6.61 Å². The van der Waals surface area contributed by atoms with E-state index in [-0.39, 0.29) is 28.6 Å². The Kier molecular flexibility index (Phi) is 5.67. The maximum atomic E-state index is 12.7. The minimum absolute atomic E-state index is 0.0247. The molecule has 0 aromatic heterocycles. The van der Waals surface area contributed by atoms with Gasteiger partial charge in [-0.15, -0.1) is 0 Å². The molecule has 0 radical (unpaired) electrons. The Bertz CT molecular complexity index is 1080. The number of carbonyl (C=O) groups excluding carboxylic acids is 1. The van der Waals surface area contributed by atoms with Crippen LogP contribution in [0, 0.1) is 0 Å². The molecule has 0 amide bonds. The summed E-state index contributed by atoms with van der Waals surface area (Å²) in [6.07, 6.45) is -6.59. The van der Waals surface area contributed by atoms with E-state index in [0.717, 1.165) is 6.07 Å². The number of ether oxygens (including phenoxy) is 3. The summed E-state index contributed by atoms with van der Waals surface area (Å²) in [6, 6.07) is 6.33. The minimum Gasteiger partial charge on any atom is -0.504 e. The van der Waals surface area contributed by atoms with Crippen LogP contribution in [0.25, 0.3) is 6.08 Å². The summed E-state index contributed by atoms with van der Waals surface area (Å²) in [5.41, 5.74) is 0.369. The van der Waals surface area contributed by atoms with E-state index < -0.39 is 54.6 Å². The smallest absolute Gasteiger partial charge is 0.232 e. The molecule has 0 saturated carbocycles. The van der Waals surface area contributed by atoms with Crippen LogP contribution in [0.1, 0.15) is 15.9 Å². The Morgan fingerprint density at radius 3 is 2.34 bits per heavy atom. The molecule has 2 aromatic rings. The maximum Gasteiger partial charge on any atom is 0.232 e. The molecule has 2 aliphatic heterocycles. The third kappa shape index (κ3) is 3.72. The molecule has 32 heavy (non-hydrogen) atoms. The van der Waals surface area contributed by atoms with Crippen molar-refractivity contribution in [2.24, 2.45) is 0 Å². The van der Waals surface area contributed by atoms with Crippen LogP contribution in [0.15, 0.2) is 36.1 Å². The van der Waals surface area contributed by atoms with Gasteiger partial charge in [0.05, 0.1) is 12.2 Å². The molecule has 4 rings (SSSR count). The first kappa shape index (κ1) is 21.9. The lowest BCUT2D eigenvalue weighted by molar-refractivity contribution is -0.277. The molecule has 5 atom stereocenters. The molecule has 1 fully saturated rings. The Hall–Kier alpha value is -3.35. The van der Waals surface area contributed by atoms with Crippen LogP contribution >= 0.6 is 0 Å². The van der Waals surface area contributed by atoms with E-state index in [1.54, 1.807) is 0 Å². The van der Waals surface area contributed by atoms with Crippen LogP contribution in [0.3, 0.4) is 0 Å². The number of aliphatic hydroxyl groups is 4. The summed E-state index contributed by atoms with van der Waals surface area (Å²) >= 11 is 0. The third-order valence-corrected chi connectivity index (χ3v) is 5.15. The number of hydrogen-bond donors (Lipinski definition) is 7. The van der Waals surface area contributed by atoms with Crippen molar-refractivity contribution in [3.8, 4) is 28.7 Å². The largest absolute Gasteiger partial charge is 0.504 e. The number of fused-ring (bicyclic) bond motifs is 1. The first-order valence-electron chi connectivity index (χ1n) is 9.50.